The summed E-state index contributed by atoms with van der Waals surface area (Å²) >= 11 is 0. The fraction of sp³-hybridized carbons (Fsp3) is 0. The molecule has 2 aromatic carbocycles. The maximum absolute atomic E-state index is 11.3. The molecule has 17 heavy (non-hydrogen) atoms. The van der Waals surface area contributed by atoms with E-state index in [1.165, 1.54) is 0 Å². The van der Waals surface area contributed by atoms with Gasteiger partial charge in [-0.25, -0.2) is 4.79 Å². The number of carbonyl (C=O) groups is 1. The first-order valence-electron chi connectivity index (χ1n) is 4.84. The van der Waals surface area contributed by atoms with Gasteiger partial charge in [0.2, 0.25) is 0 Å². The van der Waals surface area contributed by atoms with Crippen molar-refractivity contribution in [3.8, 4) is 11.5 Å². The van der Waals surface area contributed by atoms with Gasteiger partial charge in [0, 0.05) is 0 Å². The predicted molar refractivity (Wildman–Crippen MR) is 66.7 cm³/mol. The Labute approximate surface area is 142 Å². The van der Waals surface area contributed by atoms with Gasteiger partial charge in [0.15, 0.2) is 0 Å². The zero-order chi connectivity index (χ0) is 11.2. The molecular formula is C13H11KO3. The third kappa shape index (κ3) is 5.02. The summed E-state index contributed by atoms with van der Waals surface area (Å²) in [6.45, 7) is 0. The van der Waals surface area contributed by atoms with E-state index in [2.05, 4.69) is 0 Å². The van der Waals surface area contributed by atoms with E-state index in [0.717, 1.165) is 0 Å². The second-order valence-corrected chi connectivity index (χ2v) is 3.08. The van der Waals surface area contributed by atoms with Crippen molar-refractivity contribution < 1.29 is 14.3 Å². The van der Waals surface area contributed by atoms with Gasteiger partial charge in [0.1, 0.15) is 11.5 Å². The molecule has 0 aromatic heterocycles. The maximum atomic E-state index is 11.3. The van der Waals surface area contributed by atoms with E-state index < -0.39 is 6.16 Å². The van der Waals surface area contributed by atoms with Crippen LogP contribution in [0.1, 0.15) is 0 Å². The van der Waals surface area contributed by atoms with Crippen molar-refractivity contribution in [1.82, 2.24) is 0 Å². The molecule has 0 heterocycles. The zero-order valence-corrected chi connectivity index (χ0v) is 8.50. The Hall–Kier alpha value is -0.654. The molecule has 0 saturated carbocycles. The molecule has 0 aliphatic rings. The summed E-state index contributed by atoms with van der Waals surface area (Å²) in [5, 5.41) is 0. The average Bonchev–Trinajstić information content (AvgIpc) is 2.31. The number of hydrogen-bond acceptors (Lipinski definition) is 3. The second kappa shape index (κ2) is 7.63. The summed E-state index contributed by atoms with van der Waals surface area (Å²) in [6.07, 6.45) is -0.739. The fourth-order valence-electron chi connectivity index (χ4n) is 1.19. The van der Waals surface area contributed by atoms with Crippen LogP contribution in [0.2, 0.25) is 0 Å². The standard InChI is InChI=1S/C13H10O3.K.H/c14-13(15-11-7-3-1-4-8-11)16-12-9-5-2-6-10-12;;/h1-10H;;. The molecule has 0 saturated heterocycles. The van der Waals surface area contributed by atoms with E-state index in [1.807, 2.05) is 12.1 Å². The van der Waals surface area contributed by atoms with E-state index in [9.17, 15) is 4.79 Å². The predicted octanol–water partition coefficient (Wildman–Crippen LogP) is 2.62. The molecule has 0 radical (unpaired) electrons. The molecule has 0 N–H and O–H groups in total. The fourth-order valence-corrected chi connectivity index (χ4v) is 1.19. The number of carbonyl (C=O) groups excluding carboxylic acids is 1. The summed E-state index contributed by atoms with van der Waals surface area (Å²) < 4.78 is 9.91. The number of para-hydroxylation sites is 2. The molecule has 0 aliphatic heterocycles. The van der Waals surface area contributed by atoms with Crippen molar-refractivity contribution >= 4 is 57.5 Å². The summed E-state index contributed by atoms with van der Waals surface area (Å²) in [5.41, 5.74) is 0. The Bertz CT molecular complexity index is 413. The number of ether oxygens (including phenoxy) is 2. The van der Waals surface area contributed by atoms with Crippen LogP contribution in [-0.2, 0) is 0 Å². The van der Waals surface area contributed by atoms with Gasteiger partial charge in [-0.15, -0.1) is 0 Å². The summed E-state index contributed by atoms with van der Waals surface area (Å²) in [7, 11) is 0. The van der Waals surface area contributed by atoms with E-state index in [0.29, 0.717) is 11.5 Å². The molecule has 0 unspecified atom stereocenters. The number of hydrogen-bond donors (Lipinski definition) is 0. The van der Waals surface area contributed by atoms with Crippen molar-refractivity contribution in [2.24, 2.45) is 0 Å². The van der Waals surface area contributed by atoms with Crippen molar-refractivity contribution in [3.63, 3.8) is 0 Å². The van der Waals surface area contributed by atoms with Crippen LogP contribution in [0.4, 0.5) is 4.79 Å². The van der Waals surface area contributed by atoms with Crippen LogP contribution in [0.5, 0.6) is 11.5 Å². The molecule has 0 spiro atoms. The van der Waals surface area contributed by atoms with Gasteiger partial charge in [-0.1, -0.05) is 36.4 Å². The third-order valence-corrected chi connectivity index (χ3v) is 1.89. The van der Waals surface area contributed by atoms with Gasteiger partial charge in [0.05, 0.1) is 0 Å². The first-order valence-corrected chi connectivity index (χ1v) is 4.84. The van der Waals surface area contributed by atoms with E-state index >= 15 is 0 Å². The normalized spacial score (nSPS) is 8.94. The van der Waals surface area contributed by atoms with Crippen LogP contribution < -0.4 is 9.47 Å². The van der Waals surface area contributed by atoms with Crippen molar-refractivity contribution in [2.45, 2.75) is 0 Å². The molecule has 0 amide bonds. The van der Waals surface area contributed by atoms with Crippen LogP contribution in [0.3, 0.4) is 0 Å². The van der Waals surface area contributed by atoms with Gasteiger partial charge >= 0.3 is 57.5 Å². The van der Waals surface area contributed by atoms with Gasteiger partial charge < -0.3 is 9.47 Å². The van der Waals surface area contributed by atoms with Gasteiger partial charge in [-0.3, -0.25) is 0 Å². The first-order chi connectivity index (χ1) is 7.84. The minimum absolute atomic E-state index is 0. The van der Waals surface area contributed by atoms with Gasteiger partial charge in [-0.05, 0) is 24.3 Å². The number of benzene rings is 2. The monoisotopic (exact) mass is 254 g/mol. The van der Waals surface area contributed by atoms with Gasteiger partial charge in [-0.2, -0.15) is 0 Å². The van der Waals surface area contributed by atoms with E-state index in [4.69, 9.17) is 9.47 Å². The SMILES string of the molecule is O=C(Oc1ccccc1)Oc1ccccc1.[KH]. The van der Waals surface area contributed by atoms with Crippen LogP contribution in [0.15, 0.2) is 60.7 Å². The van der Waals surface area contributed by atoms with E-state index in [1.54, 1.807) is 48.5 Å². The molecule has 4 heteroatoms. The van der Waals surface area contributed by atoms with E-state index in [-0.39, 0.29) is 51.4 Å². The Balaban J connectivity index is 0.00000144. The third-order valence-electron chi connectivity index (χ3n) is 1.89. The molecule has 0 atom stereocenters. The van der Waals surface area contributed by atoms with Crippen molar-refractivity contribution in [3.05, 3.63) is 60.7 Å². The molecule has 3 nitrogen and oxygen atoms in total. The summed E-state index contributed by atoms with van der Waals surface area (Å²) in [6, 6.07) is 17.6. The first kappa shape index (κ1) is 14.4. The summed E-state index contributed by atoms with van der Waals surface area (Å²) in [4.78, 5) is 11.3. The Kier molecular flexibility index (Phi) is 6.47. The number of rotatable bonds is 2. The Morgan fingerprint density at radius 3 is 1.41 bits per heavy atom. The van der Waals surface area contributed by atoms with Crippen LogP contribution in [-0.4, -0.2) is 57.5 Å². The Morgan fingerprint density at radius 2 is 1.06 bits per heavy atom. The average molecular weight is 254 g/mol. The molecule has 0 bridgehead atoms. The second-order valence-electron chi connectivity index (χ2n) is 3.08. The summed E-state index contributed by atoms with van der Waals surface area (Å²) in [5.74, 6) is 0.923. The molecule has 2 rings (SSSR count). The Morgan fingerprint density at radius 1 is 0.706 bits per heavy atom. The minimum atomic E-state index is -0.739. The molecule has 2 aromatic rings. The topological polar surface area (TPSA) is 35.5 Å². The van der Waals surface area contributed by atoms with Gasteiger partial charge in [0.25, 0.3) is 0 Å². The van der Waals surface area contributed by atoms with Crippen LogP contribution >= 0.6 is 0 Å². The van der Waals surface area contributed by atoms with Crippen molar-refractivity contribution in [2.75, 3.05) is 0 Å². The zero-order valence-electron chi connectivity index (χ0n) is 8.50. The van der Waals surface area contributed by atoms with Crippen molar-refractivity contribution in [1.29, 1.82) is 0 Å². The molecule has 0 aliphatic carbocycles. The quantitative estimate of drug-likeness (QED) is 0.469. The molecular weight excluding hydrogens is 243 g/mol. The van der Waals surface area contributed by atoms with Crippen LogP contribution in [0, 0.1) is 0 Å². The molecule has 82 valence electrons. The molecule has 0 fully saturated rings. The van der Waals surface area contributed by atoms with Crippen LogP contribution in [0.25, 0.3) is 0 Å².